The van der Waals surface area contributed by atoms with Crippen molar-refractivity contribution in [3.05, 3.63) is 28.8 Å². The highest BCUT2D eigenvalue weighted by molar-refractivity contribution is 8.02. The average molecular weight is 329 g/mol. The Balaban J connectivity index is 2.02. The van der Waals surface area contributed by atoms with Gasteiger partial charge in [0, 0.05) is 10.7 Å². The van der Waals surface area contributed by atoms with Crippen molar-refractivity contribution in [2.75, 3.05) is 11.1 Å². The van der Waals surface area contributed by atoms with E-state index in [0.717, 1.165) is 5.56 Å². The fourth-order valence-corrected chi connectivity index (χ4v) is 3.39. The van der Waals surface area contributed by atoms with E-state index in [9.17, 15) is 4.79 Å². The maximum atomic E-state index is 12.1. The molecule has 1 atom stereocenters. The molecule has 5 nitrogen and oxygen atoms in total. The maximum absolute atomic E-state index is 12.1. The molecule has 2 rings (SSSR count). The predicted molar refractivity (Wildman–Crippen MR) is 84.5 cm³/mol. The Morgan fingerprint density at radius 1 is 1.50 bits per heavy atom. The van der Waals surface area contributed by atoms with Crippen LogP contribution in [-0.4, -0.2) is 21.4 Å². The number of carbonyl (C=O) groups is 1. The lowest BCUT2D eigenvalue weighted by molar-refractivity contribution is -0.115. The topological polar surface area (TPSA) is 80.9 Å². The third-order valence-corrected chi connectivity index (χ3v) is 4.70. The Hall–Kier alpha value is -1.31. The molecule has 0 aliphatic heterocycles. The van der Waals surface area contributed by atoms with Crippen LogP contribution >= 0.6 is 34.7 Å². The van der Waals surface area contributed by atoms with Crippen LogP contribution in [0.15, 0.2) is 22.5 Å². The number of nitrogens with zero attached hydrogens (tertiary/aromatic N) is 2. The van der Waals surface area contributed by atoms with E-state index in [1.165, 1.54) is 23.1 Å². The van der Waals surface area contributed by atoms with Crippen molar-refractivity contribution in [3.8, 4) is 0 Å². The minimum atomic E-state index is -0.305. The number of hydrogen-bond acceptors (Lipinski definition) is 6. The molecule has 1 aromatic heterocycles. The van der Waals surface area contributed by atoms with Gasteiger partial charge < -0.3 is 11.1 Å². The second kappa shape index (κ2) is 6.43. The molecule has 0 aliphatic rings. The number of nitrogens with one attached hydrogen (secondary N) is 1. The lowest BCUT2D eigenvalue weighted by atomic mass is 10.2. The summed E-state index contributed by atoms with van der Waals surface area (Å²) in [7, 11) is 0. The number of nitrogens with two attached hydrogens (primary N) is 1. The largest absolute Gasteiger partial charge is 0.374 e. The van der Waals surface area contributed by atoms with Gasteiger partial charge >= 0.3 is 0 Å². The smallest absolute Gasteiger partial charge is 0.237 e. The highest BCUT2D eigenvalue weighted by Crippen LogP contribution is 2.28. The number of benzene rings is 1. The number of thioether (sulfide) groups is 1. The summed E-state index contributed by atoms with van der Waals surface area (Å²) >= 11 is 8.51. The number of hydrogen-bond donors (Lipinski definition) is 2. The van der Waals surface area contributed by atoms with Crippen molar-refractivity contribution >= 4 is 51.4 Å². The Kier molecular flexibility index (Phi) is 4.85. The summed E-state index contributed by atoms with van der Waals surface area (Å²) in [4.78, 5) is 12.1. The highest BCUT2D eigenvalue weighted by Gasteiger charge is 2.17. The standard InChI is InChI=1S/C12H13ClN4OS2/c1-6-3-4-8(13)5-9(6)15-10(18)7(2)19-12-17-16-11(14)20-12/h3-5,7H,1-2H3,(H2,14,16)(H,15,18)/t7-/m1/s1. The van der Waals surface area contributed by atoms with E-state index < -0.39 is 0 Å². The van der Waals surface area contributed by atoms with Gasteiger partial charge in [-0.25, -0.2) is 0 Å². The Bertz CT molecular complexity index is 632. The summed E-state index contributed by atoms with van der Waals surface area (Å²) in [6, 6.07) is 5.38. The lowest BCUT2D eigenvalue weighted by Crippen LogP contribution is -2.22. The van der Waals surface area contributed by atoms with E-state index in [1.807, 2.05) is 13.0 Å². The van der Waals surface area contributed by atoms with Crippen molar-refractivity contribution < 1.29 is 4.79 Å². The summed E-state index contributed by atoms with van der Waals surface area (Å²) in [6.45, 7) is 3.71. The fraction of sp³-hybridized carbons (Fsp3) is 0.250. The molecule has 0 saturated heterocycles. The molecule has 0 radical (unpaired) electrons. The third kappa shape index (κ3) is 3.84. The van der Waals surface area contributed by atoms with E-state index in [2.05, 4.69) is 15.5 Å². The van der Waals surface area contributed by atoms with Gasteiger partial charge in [0.2, 0.25) is 11.0 Å². The molecule has 1 amide bonds. The third-order valence-electron chi connectivity index (χ3n) is 2.53. The van der Waals surface area contributed by atoms with E-state index in [0.29, 0.717) is 20.2 Å². The number of amides is 1. The zero-order valence-corrected chi connectivity index (χ0v) is 13.3. The van der Waals surface area contributed by atoms with Crippen LogP contribution in [0.4, 0.5) is 10.8 Å². The number of halogens is 1. The zero-order chi connectivity index (χ0) is 14.7. The first-order valence-electron chi connectivity index (χ1n) is 5.78. The first kappa shape index (κ1) is 15.1. The van der Waals surface area contributed by atoms with E-state index in [-0.39, 0.29) is 11.2 Å². The first-order valence-corrected chi connectivity index (χ1v) is 7.86. The highest BCUT2D eigenvalue weighted by atomic mass is 35.5. The van der Waals surface area contributed by atoms with Crippen molar-refractivity contribution in [2.24, 2.45) is 0 Å². The van der Waals surface area contributed by atoms with Crippen molar-refractivity contribution in [3.63, 3.8) is 0 Å². The molecule has 3 N–H and O–H groups in total. The Morgan fingerprint density at radius 3 is 2.90 bits per heavy atom. The van der Waals surface area contributed by atoms with Crippen LogP contribution in [0.25, 0.3) is 0 Å². The van der Waals surface area contributed by atoms with Gasteiger partial charge in [0.15, 0.2) is 4.34 Å². The molecule has 0 aliphatic carbocycles. The van der Waals surface area contributed by atoms with Gasteiger partial charge in [0.25, 0.3) is 0 Å². The van der Waals surface area contributed by atoms with Crippen LogP contribution in [0.5, 0.6) is 0 Å². The molecule has 106 valence electrons. The molecule has 20 heavy (non-hydrogen) atoms. The van der Waals surface area contributed by atoms with Crippen LogP contribution < -0.4 is 11.1 Å². The van der Waals surface area contributed by atoms with Crippen LogP contribution in [-0.2, 0) is 4.79 Å². The zero-order valence-electron chi connectivity index (χ0n) is 10.9. The molecule has 8 heteroatoms. The van der Waals surface area contributed by atoms with Gasteiger partial charge in [-0.05, 0) is 31.5 Å². The summed E-state index contributed by atoms with van der Waals surface area (Å²) in [5.41, 5.74) is 7.18. The number of aryl methyl sites for hydroxylation is 1. The predicted octanol–water partition coefficient (Wildman–Crippen LogP) is 3.20. The van der Waals surface area contributed by atoms with Gasteiger partial charge in [0.05, 0.1) is 5.25 Å². The number of anilines is 2. The summed E-state index contributed by atoms with van der Waals surface area (Å²) in [5.74, 6) is -0.117. The SMILES string of the molecule is Cc1ccc(Cl)cc1NC(=O)[C@@H](C)Sc1nnc(N)s1. The molecule has 1 heterocycles. The molecular weight excluding hydrogens is 316 g/mol. The first-order chi connectivity index (χ1) is 9.45. The number of rotatable bonds is 4. The second-order valence-electron chi connectivity index (χ2n) is 4.11. The second-order valence-corrected chi connectivity index (χ2v) is 7.15. The average Bonchev–Trinajstić information content (AvgIpc) is 2.79. The van der Waals surface area contributed by atoms with Gasteiger partial charge in [-0.15, -0.1) is 10.2 Å². The Morgan fingerprint density at radius 2 is 2.25 bits per heavy atom. The van der Waals surface area contributed by atoms with Crippen LogP contribution in [0.1, 0.15) is 12.5 Å². The molecule has 2 aromatic rings. The quantitative estimate of drug-likeness (QED) is 0.842. The van der Waals surface area contributed by atoms with Crippen LogP contribution in [0.3, 0.4) is 0 Å². The summed E-state index contributed by atoms with van der Waals surface area (Å²) in [6.07, 6.45) is 0. The number of nitrogen functional groups attached to an aromatic ring is 1. The van der Waals surface area contributed by atoms with Gasteiger partial charge in [-0.2, -0.15) is 0 Å². The summed E-state index contributed by atoms with van der Waals surface area (Å²) < 4.78 is 0.674. The molecule has 0 saturated carbocycles. The van der Waals surface area contributed by atoms with Gasteiger partial charge in [-0.3, -0.25) is 4.79 Å². The fourth-order valence-electron chi connectivity index (χ4n) is 1.44. The lowest BCUT2D eigenvalue weighted by Gasteiger charge is -2.12. The van der Waals surface area contributed by atoms with E-state index >= 15 is 0 Å². The van der Waals surface area contributed by atoms with Gasteiger partial charge in [-0.1, -0.05) is 40.8 Å². The van der Waals surface area contributed by atoms with Crippen LogP contribution in [0.2, 0.25) is 5.02 Å². The molecule has 0 fully saturated rings. The molecular formula is C12H13ClN4OS2. The normalized spacial score (nSPS) is 12.2. The van der Waals surface area contributed by atoms with E-state index in [4.69, 9.17) is 17.3 Å². The van der Waals surface area contributed by atoms with E-state index in [1.54, 1.807) is 19.1 Å². The molecule has 1 aromatic carbocycles. The van der Waals surface area contributed by atoms with Crippen molar-refractivity contribution in [1.29, 1.82) is 0 Å². The molecule has 0 spiro atoms. The van der Waals surface area contributed by atoms with Gasteiger partial charge in [0.1, 0.15) is 0 Å². The molecule has 0 bridgehead atoms. The minimum Gasteiger partial charge on any atom is -0.374 e. The summed E-state index contributed by atoms with van der Waals surface area (Å²) in [5, 5.41) is 11.1. The molecule has 0 unspecified atom stereocenters. The number of aromatic nitrogens is 2. The van der Waals surface area contributed by atoms with Crippen molar-refractivity contribution in [2.45, 2.75) is 23.4 Å². The maximum Gasteiger partial charge on any atom is 0.237 e. The number of carbonyl (C=O) groups excluding carboxylic acids is 1. The minimum absolute atomic E-state index is 0.117. The van der Waals surface area contributed by atoms with Crippen molar-refractivity contribution in [1.82, 2.24) is 10.2 Å². The van der Waals surface area contributed by atoms with Crippen LogP contribution in [0, 0.1) is 6.92 Å². The monoisotopic (exact) mass is 328 g/mol. The Labute approximate surface area is 129 Å².